The van der Waals surface area contributed by atoms with Gasteiger partial charge in [0.2, 0.25) is 0 Å². The van der Waals surface area contributed by atoms with Crippen LogP contribution in [-0.2, 0) is 12.8 Å². The maximum absolute atomic E-state index is 6.31. The number of aryl methyl sites for hydroxylation is 1. The number of benzene rings is 2. The van der Waals surface area contributed by atoms with Crippen molar-refractivity contribution in [1.82, 2.24) is 4.90 Å². The summed E-state index contributed by atoms with van der Waals surface area (Å²) in [5.74, 6) is 0.432. The molecule has 0 aliphatic heterocycles. The molecule has 26 heavy (non-hydrogen) atoms. The van der Waals surface area contributed by atoms with Gasteiger partial charge in [0.1, 0.15) is 0 Å². The quantitative estimate of drug-likeness (QED) is 0.483. The average Bonchev–Trinajstić information content (AvgIpc) is 2.69. The van der Waals surface area contributed by atoms with Crippen molar-refractivity contribution in [1.29, 1.82) is 0 Å². The molecule has 0 saturated heterocycles. The molecule has 3 rings (SSSR count). The third-order valence-corrected chi connectivity index (χ3v) is 6.75. The molecule has 0 spiro atoms. The summed E-state index contributed by atoms with van der Waals surface area (Å²) in [5.41, 5.74) is 4.18. The van der Waals surface area contributed by atoms with E-state index in [0.717, 1.165) is 38.9 Å². The zero-order valence-electron chi connectivity index (χ0n) is 15.6. The van der Waals surface area contributed by atoms with Crippen LogP contribution in [0.15, 0.2) is 54.6 Å². The van der Waals surface area contributed by atoms with Crippen LogP contribution < -0.4 is 0 Å². The van der Waals surface area contributed by atoms with E-state index in [1.807, 2.05) is 0 Å². The number of likely N-dealkylation sites (N-methyl/N-ethyl adjacent to an activating group) is 1. The lowest BCUT2D eigenvalue weighted by Gasteiger charge is -2.37. The summed E-state index contributed by atoms with van der Waals surface area (Å²) in [6.45, 7) is 5.67. The van der Waals surface area contributed by atoms with Gasteiger partial charge in [0.05, 0.1) is 10.8 Å². The summed E-state index contributed by atoms with van der Waals surface area (Å²) in [6.07, 6.45) is 4.47. The van der Waals surface area contributed by atoms with Crippen molar-refractivity contribution in [3.8, 4) is 0 Å². The summed E-state index contributed by atoms with van der Waals surface area (Å²) in [7, 11) is 0. The second kappa shape index (κ2) is 9.78. The molecule has 1 fully saturated rings. The Morgan fingerprint density at radius 3 is 2.19 bits per heavy atom. The second-order valence-electron chi connectivity index (χ2n) is 7.32. The Bertz CT molecular complexity index is 656. The molecule has 1 nitrogen and oxygen atoms in total. The number of hydrogen-bond acceptors (Lipinski definition) is 1. The van der Waals surface area contributed by atoms with Crippen LogP contribution in [0.5, 0.6) is 0 Å². The van der Waals surface area contributed by atoms with Gasteiger partial charge in [-0.2, -0.15) is 0 Å². The maximum Gasteiger partial charge on any atom is 0.0568 e. The first-order valence-electron chi connectivity index (χ1n) is 9.80. The van der Waals surface area contributed by atoms with Crippen LogP contribution in [0.25, 0.3) is 0 Å². The zero-order valence-corrected chi connectivity index (χ0v) is 17.1. The smallest absolute Gasteiger partial charge is 0.0568 e. The highest BCUT2D eigenvalue weighted by Crippen LogP contribution is 2.44. The fraction of sp³-hybridized carbons (Fsp3) is 0.478. The van der Waals surface area contributed by atoms with E-state index in [2.05, 4.69) is 66.4 Å². The number of nitrogens with zero attached hydrogens (tertiary/aromatic N) is 1. The van der Waals surface area contributed by atoms with Crippen molar-refractivity contribution in [2.24, 2.45) is 0 Å². The van der Waals surface area contributed by atoms with Gasteiger partial charge >= 0.3 is 0 Å². The molecular weight excluding hydrogens is 361 g/mol. The standard InChI is InChI=1S/C23H29Cl2N/c1-2-26(16-14-18-7-4-3-5-8-18)15-6-9-19-10-12-20(13-11-19)21-17-22(24)23(21)25/h3-5,7-8,10-13,21-23H,2,6,9,14-17H2,1H3. The van der Waals surface area contributed by atoms with Crippen LogP contribution in [0, 0.1) is 0 Å². The minimum Gasteiger partial charge on any atom is -0.303 e. The summed E-state index contributed by atoms with van der Waals surface area (Å²) in [5, 5.41) is 0.225. The lowest BCUT2D eigenvalue weighted by molar-refractivity contribution is 0.288. The van der Waals surface area contributed by atoms with E-state index < -0.39 is 0 Å². The maximum atomic E-state index is 6.31. The molecule has 0 amide bonds. The van der Waals surface area contributed by atoms with Crippen molar-refractivity contribution in [2.45, 2.75) is 49.3 Å². The topological polar surface area (TPSA) is 3.24 Å². The number of halogens is 2. The Morgan fingerprint density at radius 2 is 1.58 bits per heavy atom. The van der Waals surface area contributed by atoms with E-state index in [-0.39, 0.29) is 10.8 Å². The van der Waals surface area contributed by atoms with Crippen LogP contribution in [-0.4, -0.2) is 35.3 Å². The Kier molecular flexibility index (Phi) is 7.42. The van der Waals surface area contributed by atoms with E-state index >= 15 is 0 Å². The van der Waals surface area contributed by atoms with Gasteiger partial charge in [0, 0.05) is 12.5 Å². The molecule has 3 atom stereocenters. The second-order valence-corrected chi connectivity index (χ2v) is 8.38. The predicted octanol–water partition coefficient (Wildman–Crippen LogP) is 5.89. The van der Waals surface area contributed by atoms with E-state index in [1.165, 1.54) is 23.1 Å². The molecule has 1 saturated carbocycles. The Balaban J connectivity index is 1.40. The highest BCUT2D eigenvalue weighted by molar-refractivity contribution is 6.31. The van der Waals surface area contributed by atoms with Crippen LogP contribution in [0.3, 0.4) is 0 Å². The average molecular weight is 390 g/mol. The minimum atomic E-state index is 0.0882. The molecule has 1 aliphatic carbocycles. The SMILES string of the molecule is CCN(CCCc1ccc(C2CC(Cl)C2Cl)cc1)CCc1ccccc1. The fourth-order valence-electron chi connectivity index (χ4n) is 3.68. The molecule has 0 bridgehead atoms. The zero-order chi connectivity index (χ0) is 18.4. The molecule has 3 heteroatoms. The first kappa shape index (κ1) is 19.7. The molecule has 1 aliphatic rings. The molecule has 2 aromatic rings. The van der Waals surface area contributed by atoms with Gasteiger partial charge in [-0.3, -0.25) is 0 Å². The lowest BCUT2D eigenvalue weighted by Crippen LogP contribution is -2.36. The summed E-state index contributed by atoms with van der Waals surface area (Å²) < 4.78 is 0. The van der Waals surface area contributed by atoms with Crippen molar-refractivity contribution in [3.05, 3.63) is 71.3 Å². The summed E-state index contributed by atoms with van der Waals surface area (Å²) in [6, 6.07) is 19.8. The molecule has 2 aromatic carbocycles. The minimum absolute atomic E-state index is 0.0882. The van der Waals surface area contributed by atoms with Crippen LogP contribution >= 0.6 is 23.2 Å². The lowest BCUT2D eigenvalue weighted by atomic mass is 9.78. The molecule has 0 heterocycles. The third kappa shape index (κ3) is 5.25. The first-order valence-corrected chi connectivity index (χ1v) is 10.7. The molecular formula is C23H29Cl2N. The highest BCUT2D eigenvalue weighted by Gasteiger charge is 2.39. The van der Waals surface area contributed by atoms with Gasteiger partial charge in [-0.1, -0.05) is 61.5 Å². The fourth-order valence-corrected chi connectivity index (χ4v) is 4.40. The summed E-state index contributed by atoms with van der Waals surface area (Å²) in [4.78, 5) is 2.55. The van der Waals surface area contributed by atoms with Gasteiger partial charge in [-0.25, -0.2) is 0 Å². The van der Waals surface area contributed by atoms with Gasteiger partial charge in [-0.05, 0) is 55.5 Å². The van der Waals surface area contributed by atoms with Gasteiger partial charge in [0.25, 0.3) is 0 Å². The third-order valence-electron chi connectivity index (χ3n) is 5.56. The van der Waals surface area contributed by atoms with Crippen molar-refractivity contribution in [2.75, 3.05) is 19.6 Å². The van der Waals surface area contributed by atoms with Crippen molar-refractivity contribution < 1.29 is 0 Å². The Morgan fingerprint density at radius 1 is 0.885 bits per heavy atom. The van der Waals surface area contributed by atoms with E-state index in [1.54, 1.807) is 0 Å². The first-order chi connectivity index (χ1) is 12.7. The molecule has 140 valence electrons. The normalized spacial score (nSPS) is 22.4. The monoisotopic (exact) mass is 389 g/mol. The number of hydrogen-bond donors (Lipinski definition) is 0. The van der Waals surface area contributed by atoms with Crippen molar-refractivity contribution >= 4 is 23.2 Å². The van der Waals surface area contributed by atoms with Gasteiger partial charge < -0.3 is 4.90 Å². The van der Waals surface area contributed by atoms with Crippen LogP contribution in [0.1, 0.15) is 42.4 Å². The number of alkyl halides is 2. The molecule has 3 unspecified atom stereocenters. The summed E-state index contributed by atoms with van der Waals surface area (Å²) >= 11 is 12.4. The largest absolute Gasteiger partial charge is 0.303 e. The molecule has 0 radical (unpaired) electrons. The predicted molar refractivity (Wildman–Crippen MR) is 114 cm³/mol. The Hall–Kier alpha value is -1.02. The molecule has 0 N–H and O–H groups in total. The Labute approximate surface area is 168 Å². The van der Waals surface area contributed by atoms with E-state index in [4.69, 9.17) is 23.2 Å². The number of rotatable bonds is 9. The van der Waals surface area contributed by atoms with Gasteiger partial charge in [0.15, 0.2) is 0 Å². The van der Waals surface area contributed by atoms with Crippen molar-refractivity contribution in [3.63, 3.8) is 0 Å². The van der Waals surface area contributed by atoms with E-state index in [9.17, 15) is 0 Å². The van der Waals surface area contributed by atoms with Gasteiger partial charge in [-0.15, -0.1) is 23.2 Å². The van der Waals surface area contributed by atoms with Crippen LogP contribution in [0.4, 0.5) is 0 Å². The van der Waals surface area contributed by atoms with E-state index in [0.29, 0.717) is 5.92 Å². The highest BCUT2D eigenvalue weighted by atomic mass is 35.5. The van der Waals surface area contributed by atoms with Crippen LogP contribution in [0.2, 0.25) is 0 Å². The molecule has 0 aromatic heterocycles.